The minimum atomic E-state index is 0.506. The summed E-state index contributed by atoms with van der Waals surface area (Å²) in [5.74, 6) is 0.506. The summed E-state index contributed by atoms with van der Waals surface area (Å²) in [6, 6.07) is 12.6. The quantitative estimate of drug-likeness (QED) is 0.645. The molecule has 0 fully saturated rings. The minimum Gasteiger partial charge on any atom is -0.354 e. The molecule has 2 aromatic carbocycles. The summed E-state index contributed by atoms with van der Waals surface area (Å²) in [7, 11) is 0. The maximum absolute atomic E-state index is 11.7. The van der Waals surface area contributed by atoms with E-state index in [1.165, 1.54) is 5.56 Å². The van der Waals surface area contributed by atoms with Crippen LogP contribution < -0.4 is 0 Å². The fourth-order valence-electron chi connectivity index (χ4n) is 3.02. The van der Waals surface area contributed by atoms with Crippen LogP contribution >= 0.6 is 0 Å². The molecule has 0 aliphatic carbocycles. The lowest BCUT2D eigenvalue weighted by atomic mass is 9.98. The molecular formula is C20H21NO. The minimum absolute atomic E-state index is 0.506. The number of aldehydes is 1. The molecule has 1 heterocycles. The van der Waals surface area contributed by atoms with Gasteiger partial charge < -0.3 is 4.98 Å². The molecule has 0 saturated heterocycles. The van der Waals surface area contributed by atoms with Gasteiger partial charge in [0, 0.05) is 16.5 Å². The Kier molecular flexibility index (Phi) is 3.61. The molecule has 0 aliphatic heterocycles. The fraction of sp³-hybridized carbons (Fsp3) is 0.250. The van der Waals surface area contributed by atoms with E-state index in [-0.39, 0.29) is 0 Å². The van der Waals surface area contributed by atoms with Gasteiger partial charge in [-0.15, -0.1) is 0 Å². The molecule has 22 heavy (non-hydrogen) atoms. The van der Waals surface area contributed by atoms with E-state index in [0.29, 0.717) is 5.92 Å². The Labute approximate surface area is 131 Å². The molecule has 1 aromatic heterocycles. The third kappa shape index (κ3) is 2.25. The number of benzene rings is 2. The van der Waals surface area contributed by atoms with Gasteiger partial charge in [0.1, 0.15) is 0 Å². The Hall–Kier alpha value is -2.35. The Morgan fingerprint density at radius 3 is 2.18 bits per heavy atom. The van der Waals surface area contributed by atoms with Crippen molar-refractivity contribution in [1.29, 1.82) is 0 Å². The summed E-state index contributed by atoms with van der Waals surface area (Å²) in [5.41, 5.74) is 7.38. The molecule has 0 bridgehead atoms. The molecule has 3 aromatic rings. The lowest BCUT2D eigenvalue weighted by Crippen LogP contribution is -1.89. The highest BCUT2D eigenvalue weighted by atomic mass is 16.1. The number of aromatic nitrogens is 1. The first kappa shape index (κ1) is 14.6. The molecule has 0 amide bonds. The van der Waals surface area contributed by atoms with Gasteiger partial charge in [0.25, 0.3) is 0 Å². The summed E-state index contributed by atoms with van der Waals surface area (Å²) in [6.45, 7) is 8.48. The number of hydrogen-bond acceptors (Lipinski definition) is 1. The molecule has 112 valence electrons. The normalized spacial score (nSPS) is 11.3. The van der Waals surface area contributed by atoms with E-state index in [2.05, 4.69) is 62.2 Å². The van der Waals surface area contributed by atoms with Gasteiger partial charge in [-0.25, -0.2) is 0 Å². The van der Waals surface area contributed by atoms with Gasteiger partial charge in [-0.3, -0.25) is 4.79 Å². The Bertz CT molecular complexity index is 838. The summed E-state index contributed by atoms with van der Waals surface area (Å²) < 4.78 is 0. The lowest BCUT2D eigenvalue weighted by molar-refractivity contribution is 0.112. The van der Waals surface area contributed by atoms with Crippen molar-refractivity contribution in [3.05, 3.63) is 58.7 Å². The van der Waals surface area contributed by atoms with Gasteiger partial charge in [-0.1, -0.05) is 50.2 Å². The molecule has 0 spiro atoms. The molecular weight excluding hydrogens is 270 g/mol. The monoisotopic (exact) mass is 291 g/mol. The summed E-state index contributed by atoms with van der Waals surface area (Å²) in [5, 5.41) is 1.04. The summed E-state index contributed by atoms with van der Waals surface area (Å²) >= 11 is 0. The highest BCUT2D eigenvalue weighted by molar-refractivity contribution is 6.06. The number of carbonyl (C=O) groups is 1. The van der Waals surface area contributed by atoms with Crippen LogP contribution in [-0.2, 0) is 0 Å². The maximum atomic E-state index is 11.7. The van der Waals surface area contributed by atoms with Crippen molar-refractivity contribution < 1.29 is 4.79 Å². The van der Waals surface area contributed by atoms with Crippen LogP contribution in [0.15, 0.2) is 36.4 Å². The van der Waals surface area contributed by atoms with Gasteiger partial charge in [0.15, 0.2) is 6.29 Å². The molecule has 3 rings (SSSR count). The van der Waals surface area contributed by atoms with Crippen molar-refractivity contribution in [1.82, 2.24) is 4.98 Å². The zero-order chi connectivity index (χ0) is 15.9. The number of nitrogens with one attached hydrogen (secondary N) is 1. The number of rotatable bonds is 3. The van der Waals surface area contributed by atoms with Crippen molar-refractivity contribution >= 4 is 17.2 Å². The number of aryl methyl sites for hydroxylation is 2. The van der Waals surface area contributed by atoms with E-state index in [9.17, 15) is 4.79 Å². The van der Waals surface area contributed by atoms with E-state index in [1.807, 2.05) is 6.92 Å². The van der Waals surface area contributed by atoms with Crippen molar-refractivity contribution in [3.63, 3.8) is 0 Å². The number of fused-ring (bicyclic) bond motifs is 1. The van der Waals surface area contributed by atoms with Crippen molar-refractivity contribution in [2.75, 3.05) is 0 Å². The Balaban J connectivity index is 2.24. The van der Waals surface area contributed by atoms with Crippen LogP contribution in [0.2, 0.25) is 0 Å². The second-order valence-corrected chi connectivity index (χ2v) is 6.26. The van der Waals surface area contributed by atoms with E-state index in [4.69, 9.17) is 0 Å². The van der Waals surface area contributed by atoms with Gasteiger partial charge in [-0.05, 0) is 42.0 Å². The summed E-state index contributed by atoms with van der Waals surface area (Å²) in [6.07, 6.45) is 0.969. The fourth-order valence-corrected chi connectivity index (χ4v) is 3.02. The lowest BCUT2D eigenvalue weighted by Gasteiger charge is -2.06. The van der Waals surface area contributed by atoms with Crippen LogP contribution in [0.5, 0.6) is 0 Å². The average Bonchev–Trinajstić information content (AvgIpc) is 2.92. The van der Waals surface area contributed by atoms with Crippen LogP contribution in [0.25, 0.3) is 22.2 Å². The largest absolute Gasteiger partial charge is 0.354 e. The molecule has 0 saturated carbocycles. The predicted octanol–water partition coefficient (Wildman–Crippen LogP) is 5.39. The number of carbonyl (C=O) groups excluding carboxylic acids is 1. The predicted molar refractivity (Wildman–Crippen MR) is 92.7 cm³/mol. The first-order chi connectivity index (χ1) is 10.5. The molecule has 2 nitrogen and oxygen atoms in total. The van der Waals surface area contributed by atoms with Crippen molar-refractivity contribution in [3.8, 4) is 11.3 Å². The van der Waals surface area contributed by atoms with E-state index >= 15 is 0 Å². The average molecular weight is 291 g/mol. The van der Waals surface area contributed by atoms with Crippen molar-refractivity contribution in [2.24, 2.45) is 0 Å². The van der Waals surface area contributed by atoms with Crippen LogP contribution in [0.3, 0.4) is 0 Å². The number of aromatic amines is 1. The molecule has 2 heteroatoms. The van der Waals surface area contributed by atoms with E-state index in [1.54, 1.807) is 0 Å². The van der Waals surface area contributed by atoms with E-state index in [0.717, 1.165) is 45.1 Å². The standard InChI is InChI=1S/C20H21NO/c1-12(2)15-7-9-16(10-8-15)20-17(11-22)18-13(3)5-6-14(4)19(18)21-20/h5-12,21H,1-4H3. The molecule has 0 unspecified atom stereocenters. The van der Waals surface area contributed by atoms with Gasteiger partial charge >= 0.3 is 0 Å². The van der Waals surface area contributed by atoms with E-state index < -0.39 is 0 Å². The first-order valence-electron chi connectivity index (χ1n) is 7.70. The molecule has 0 aliphatic rings. The molecule has 0 radical (unpaired) electrons. The molecule has 0 atom stereocenters. The van der Waals surface area contributed by atoms with Crippen LogP contribution in [0.1, 0.15) is 46.8 Å². The topological polar surface area (TPSA) is 32.9 Å². The second kappa shape index (κ2) is 5.45. The van der Waals surface area contributed by atoms with Crippen LogP contribution in [-0.4, -0.2) is 11.3 Å². The van der Waals surface area contributed by atoms with Crippen LogP contribution in [0, 0.1) is 13.8 Å². The zero-order valence-corrected chi connectivity index (χ0v) is 13.5. The Morgan fingerprint density at radius 1 is 0.955 bits per heavy atom. The van der Waals surface area contributed by atoms with Crippen molar-refractivity contribution in [2.45, 2.75) is 33.6 Å². The Morgan fingerprint density at radius 2 is 1.59 bits per heavy atom. The maximum Gasteiger partial charge on any atom is 0.152 e. The smallest absolute Gasteiger partial charge is 0.152 e. The summed E-state index contributed by atoms with van der Waals surface area (Å²) in [4.78, 5) is 15.2. The molecule has 1 N–H and O–H groups in total. The highest BCUT2D eigenvalue weighted by Crippen LogP contribution is 2.33. The highest BCUT2D eigenvalue weighted by Gasteiger charge is 2.15. The third-order valence-corrected chi connectivity index (χ3v) is 4.39. The SMILES string of the molecule is Cc1ccc(C)c2c(C=O)c(-c3ccc(C(C)C)cc3)[nH]c12. The second-order valence-electron chi connectivity index (χ2n) is 6.26. The zero-order valence-electron chi connectivity index (χ0n) is 13.5. The van der Waals surface area contributed by atoms with Gasteiger partial charge in [0.05, 0.1) is 5.69 Å². The first-order valence-corrected chi connectivity index (χ1v) is 7.70. The number of H-pyrrole nitrogens is 1. The van der Waals surface area contributed by atoms with Gasteiger partial charge in [0.2, 0.25) is 0 Å². The van der Waals surface area contributed by atoms with Gasteiger partial charge in [-0.2, -0.15) is 0 Å². The number of hydrogen-bond donors (Lipinski definition) is 1. The third-order valence-electron chi connectivity index (χ3n) is 4.39. The van der Waals surface area contributed by atoms with Crippen LogP contribution in [0.4, 0.5) is 0 Å².